The van der Waals surface area contributed by atoms with Crippen molar-refractivity contribution in [3.8, 4) is 0 Å². The first-order valence-electron chi connectivity index (χ1n) is 9.14. The fourth-order valence-corrected chi connectivity index (χ4v) is 4.49. The van der Waals surface area contributed by atoms with Gasteiger partial charge in [-0.2, -0.15) is 0 Å². The Morgan fingerprint density at radius 2 is 1.72 bits per heavy atom. The molecule has 29 heavy (non-hydrogen) atoms. The molecule has 0 unspecified atom stereocenters. The van der Waals surface area contributed by atoms with Crippen LogP contribution in [0.15, 0.2) is 47.4 Å². The third-order valence-corrected chi connectivity index (χ3v) is 6.25. The summed E-state index contributed by atoms with van der Waals surface area (Å²) < 4.78 is 32.7. The molecular weight excluding hydrogens is 435 g/mol. The van der Waals surface area contributed by atoms with Crippen LogP contribution in [0.1, 0.15) is 18.9 Å². The molecule has 158 valence electrons. The van der Waals surface area contributed by atoms with Crippen LogP contribution in [0, 0.1) is 6.92 Å². The number of nitrogens with zero attached hydrogens (tertiary/aromatic N) is 1. The van der Waals surface area contributed by atoms with Gasteiger partial charge in [0.2, 0.25) is 5.91 Å². The van der Waals surface area contributed by atoms with Gasteiger partial charge < -0.3 is 10.1 Å². The van der Waals surface area contributed by atoms with Gasteiger partial charge in [-0.05, 0) is 50.6 Å². The summed E-state index contributed by atoms with van der Waals surface area (Å²) in [4.78, 5) is 12.5. The summed E-state index contributed by atoms with van der Waals surface area (Å²) in [5.41, 5.74) is 1.14. The van der Waals surface area contributed by atoms with Crippen molar-refractivity contribution >= 4 is 44.8 Å². The van der Waals surface area contributed by atoms with Crippen molar-refractivity contribution in [2.24, 2.45) is 0 Å². The average molecular weight is 459 g/mol. The van der Waals surface area contributed by atoms with E-state index in [9.17, 15) is 13.2 Å². The van der Waals surface area contributed by atoms with Gasteiger partial charge in [0.15, 0.2) is 0 Å². The summed E-state index contributed by atoms with van der Waals surface area (Å²) in [6.45, 7) is 4.86. The number of hydrogen-bond donors (Lipinski definition) is 1. The van der Waals surface area contributed by atoms with E-state index in [1.807, 2.05) is 13.8 Å². The SMILES string of the molecule is CCOCCCNC(=O)CN(c1cc(Cl)cc(Cl)c1)S(=O)(=O)c1ccc(C)cc1. The molecule has 0 radical (unpaired) electrons. The number of rotatable bonds is 10. The predicted octanol–water partition coefficient (Wildman–Crippen LogP) is 4.04. The van der Waals surface area contributed by atoms with Crippen LogP contribution in [-0.2, 0) is 19.6 Å². The lowest BCUT2D eigenvalue weighted by atomic mass is 10.2. The first kappa shape index (κ1) is 23.5. The molecule has 1 amide bonds. The number of aryl methyl sites for hydroxylation is 1. The van der Waals surface area contributed by atoms with Gasteiger partial charge in [-0.15, -0.1) is 0 Å². The van der Waals surface area contributed by atoms with Crippen molar-refractivity contribution in [2.45, 2.75) is 25.2 Å². The molecule has 0 saturated carbocycles. The minimum absolute atomic E-state index is 0.0725. The lowest BCUT2D eigenvalue weighted by Gasteiger charge is -2.24. The fraction of sp³-hybridized carbons (Fsp3) is 0.350. The standard InChI is InChI=1S/C20H24Cl2N2O4S/c1-3-28-10-4-9-23-20(25)14-24(18-12-16(21)11-17(22)13-18)29(26,27)19-7-5-15(2)6-8-19/h5-8,11-13H,3-4,9-10,14H2,1-2H3,(H,23,25). The highest BCUT2D eigenvalue weighted by Gasteiger charge is 2.27. The number of nitrogens with one attached hydrogen (secondary N) is 1. The van der Waals surface area contributed by atoms with E-state index in [2.05, 4.69) is 5.32 Å². The second-order valence-electron chi connectivity index (χ2n) is 6.35. The quantitative estimate of drug-likeness (QED) is 0.545. The third kappa shape index (κ3) is 6.89. The minimum atomic E-state index is -4.01. The Kier molecular flexibility index (Phi) is 8.77. The van der Waals surface area contributed by atoms with Gasteiger partial charge in [-0.25, -0.2) is 8.42 Å². The van der Waals surface area contributed by atoms with Crippen LogP contribution >= 0.6 is 23.2 Å². The van der Waals surface area contributed by atoms with Gasteiger partial charge in [0, 0.05) is 29.8 Å². The number of amides is 1. The van der Waals surface area contributed by atoms with E-state index < -0.39 is 22.5 Å². The number of carbonyl (C=O) groups is 1. The summed E-state index contributed by atoms with van der Waals surface area (Å²) in [5, 5.41) is 3.26. The maximum atomic E-state index is 13.3. The van der Waals surface area contributed by atoms with E-state index in [-0.39, 0.29) is 20.6 Å². The summed E-state index contributed by atoms with van der Waals surface area (Å²) in [6.07, 6.45) is 0.632. The number of anilines is 1. The molecule has 0 heterocycles. The largest absolute Gasteiger partial charge is 0.382 e. The van der Waals surface area contributed by atoms with Crippen molar-refractivity contribution in [1.82, 2.24) is 5.32 Å². The van der Waals surface area contributed by atoms with Crippen LogP contribution in [0.4, 0.5) is 5.69 Å². The molecule has 9 heteroatoms. The molecule has 0 aliphatic carbocycles. The van der Waals surface area contributed by atoms with E-state index in [0.717, 1.165) is 9.87 Å². The van der Waals surface area contributed by atoms with Crippen molar-refractivity contribution in [3.63, 3.8) is 0 Å². The zero-order chi connectivity index (χ0) is 21.4. The Bertz CT molecular complexity index is 914. The molecule has 1 N–H and O–H groups in total. The molecule has 2 aromatic rings. The van der Waals surface area contributed by atoms with Crippen LogP contribution in [-0.4, -0.2) is 40.6 Å². The number of ether oxygens (including phenoxy) is 1. The second-order valence-corrected chi connectivity index (χ2v) is 9.09. The zero-order valence-electron chi connectivity index (χ0n) is 16.3. The Labute approximate surface area is 181 Å². The fourth-order valence-electron chi connectivity index (χ4n) is 2.57. The topological polar surface area (TPSA) is 75.7 Å². The maximum Gasteiger partial charge on any atom is 0.264 e. The molecule has 0 bridgehead atoms. The van der Waals surface area contributed by atoms with Gasteiger partial charge in [0.25, 0.3) is 10.0 Å². The van der Waals surface area contributed by atoms with Gasteiger partial charge in [0.05, 0.1) is 10.6 Å². The number of hydrogen-bond acceptors (Lipinski definition) is 4. The van der Waals surface area contributed by atoms with E-state index in [1.54, 1.807) is 12.1 Å². The van der Waals surface area contributed by atoms with Crippen LogP contribution in [0.3, 0.4) is 0 Å². The molecule has 0 aliphatic rings. The van der Waals surface area contributed by atoms with Crippen molar-refractivity contribution in [2.75, 3.05) is 30.6 Å². The Hall–Kier alpha value is -1.80. The number of benzene rings is 2. The Morgan fingerprint density at radius 1 is 1.10 bits per heavy atom. The molecule has 0 fully saturated rings. The summed E-state index contributed by atoms with van der Waals surface area (Å²) in [5.74, 6) is -0.437. The highest BCUT2D eigenvalue weighted by molar-refractivity contribution is 7.92. The van der Waals surface area contributed by atoms with E-state index in [4.69, 9.17) is 27.9 Å². The number of halogens is 2. The van der Waals surface area contributed by atoms with Gasteiger partial charge in [-0.3, -0.25) is 9.10 Å². The summed E-state index contributed by atoms with van der Waals surface area (Å²) in [7, 11) is -4.01. The lowest BCUT2D eigenvalue weighted by molar-refractivity contribution is -0.119. The highest BCUT2D eigenvalue weighted by Crippen LogP contribution is 2.29. The van der Waals surface area contributed by atoms with Crippen LogP contribution in [0.25, 0.3) is 0 Å². The molecule has 0 saturated heterocycles. The summed E-state index contributed by atoms with van der Waals surface area (Å²) >= 11 is 12.1. The van der Waals surface area contributed by atoms with Crippen LogP contribution < -0.4 is 9.62 Å². The monoisotopic (exact) mass is 458 g/mol. The maximum absolute atomic E-state index is 13.3. The Morgan fingerprint density at radius 3 is 2.31 bits per heavy atom. The molecular formula is C20H24Cl2N2O4S. The molecule has 6 nitrogen and oxygen atoms in total. The van der Waals surface area contributed by atoms with Crippen molar-refractivity contribution < 1.29 is 17.9 Å². The number of sulfonamides is 1. The van der Waals surface area contributed by atoms with Gasteiger partial charge in [0.1, 0.15) is 6.54 Å². The molecule has 0 atom stereocenters. The van der Waals surface area contributed by atoms with Gasteiger partial charge >= 0.3 is 0 Å². The van der Waals surface area contributed by atoms with Crippen molar-refractivity contribution in [1.29, 1.82) is 0 Å². The normalized spacial score (nSPS) is 11.3. The third-order valence-electron chi connectivity index (χ3n) is 4.02. The van der Waals surface area contributed by atoms with Gasteiger partial charge in [-0.1, -0.05) is 40.9 Å². The molecule has 2 aromatic carbocycles. The first-order chi connectivity index (χ1) is 13.7. The minimum Gasteiger partial charge on any atom is -0.382 e. The van der Waals surface area contributed by atoms with Crippen LogP contribution in [0.2, 0.25) is 10.0 Å². The molecule has 2 rings (SSSR count). The lowest BCUT2D eigenvalue weighted by Crippen LogP contribution is -2.41. The highest BCUT2D eigenvalue weighted by atomic mass is 35.5. The predicted molar refractivity (Wildman–Crippen MR) is 116 cm³/mol. The molecule has 0 spiro atoms. The van der Waals surface area contributed by atoms with Crippen LogP contribution in [0.5, 0.6) is 0 Å². The van der Waals surface area contributed by atoms with E-state index in [0.29, 0.717) is 26.2 Å². The number of carbonyl (C=O) groups excluding carboxylic acids is 1. The van der Waals surface area contributed by atoms with E-state index >= 15 is 0 Å². The second kappa shape index (κ2) is 10.8. The molecule has 0 aromatic heterocycles. The van der Waals surface area contributed by atoms with E-state index in [1.165, 1.54) is 30.3 Å². The average Bonchev–Trinajstić information content (AvgIpc) is 2.65. The summed E-state index contributed by atoms with van der Waals surface area (Å²) in [6, 6.07) is 10.8. The zero-order valence-corrected chi connectivity index (χ0v) is 18.6. The smallest absolute Gasteiger partial charge is 0.264 e. The first-order valence-corrected chi connectivity index (χ1v) is 11.3. The van der Waals surface area contributed by atoms with Crippen molar-refractivity contribution in [3.05, 3.63) is 58.1 Å². The Balaban J connectivity index is 2.28. The molecule has 0 aliphatic heterocycles.